The van der Waals surface area contributed by atoms with Gasteiger partial charge in [-0.3, -0.25) is 4.79 Å². The van der Waals surface area contributed by atoms with Gasteiger partial charge in [-0.15, -0.1) is 0 Å². The Hall–Kier alpha value is -3.21. The number of nitrogens with zero attached hydrogens (tertiary/aromatic N) is 1. The molecule has 0 bridgehead atoms. The summed E-state index contributed by atoms with van der Waals surface area (Å²) in [4.78, 5) is 16.3. The zero-order valence-corrected chi connectivity index (χ0v) is 13.6. The molecule has 0 fully saturated rings. The summed E-state index contributed by atoms with van der Waals surface area (Å²) < 4.78 is 13.5. The zero-order valence-electron chi connectivity index (χ0n) is 13.6. The maximum atomic E-state index is 13.5. The molecule has 2 aromatic carbocycles. The normalized spacial score (nSPS) is 10.3. The highest BCUT2D eigenvalue weighted by Crippen LogP contribution is 2.10. The van der Waals surface area contributed by atoms with Gasteiger partial charge in [0, 0.05) is 18.7 Å². The largest absolute Gasteiger partial charge is 0.380 e. The lowest BCUT2D eigenvalue weighted by atomic mass is 10.2. The SMILES string of the molecule is O=C(NCc1ccccc1F)c1ccc(NCc2ccccc2)cn1. The third kappa shape index (κ3) is 4.64. The molecule has 0 saturated carbocycles. The quantitative estimate of drug-likeness (QED) is 0.721. The molecule has 4 nitrogen and oxygen atoms in total. The highest BCUT2D eigenvalue weighted by Gasteiger charge is 2.08. The monoisotopic (exact) mass is 335 g/mol. The summed E-state index contributed by atoms with van der Waals surface area (Å²) in [6.07, 6.45) is 1.61. The van der Waals surface area contributed by atoms with Gasteiger partial charge in [0.25, 0.3) is 5.91 Å². The number of aromatic nitrogens is 1. The Morgan fingerprint density at radius 1 is 0.920 bits per heavy atom. The van der Waals surface area contributed by atoms with Crippen LogP contribution in [0.25, 0.3) is 0 Å². The van der Waals surface area contributed by atoms with Gasteiger partial charge < -0.3 is 10.6 Å². The number of nitrogens with one attached hydrogen (secondary N) is 2. The van der Waals surface area contributed by atoms with E-state index in [-0.39, 0.29) is 18.3 Å². The topological polar surface area (TPSA) is 54.0 Å². The Kier molecular flexibility index (Phi) is 5.36. The van der Waals surface area contributed by atoms with Crippen LogP contribution in [0.15, 0.2) is 72.9 Å². The summed E-state index contributed by atoms with van der Waals surface area (Å²) in [5.41, 5.74) is 2.72. The number of carbonyl (C=O) groups excluding carboxylic acids is 1. The van der Waals surface area contributed by atoms with Crippen molar-refractivity contribution in [3.8, 4) is 0 Å². The van der Waals surface area contributed by atoms with E-state index < -0.39 is 0 Å². The predicted molar refractivity (Wildman–Crippen MR) is 95.6 cm³/mol. The summed E-state index contributed by atoms with van der Waals surface area (Å²) in [5, 5.41) is 5.92. The summed E-state index contributed by atoms with van der Waals surface area (Å²) >= 11 is 0. The fourth-order valence-corrected chi connectivity index (χ4v) is 2.34. The molecule has 0 saturated heterocycles. The minimum atomic E-state index is -0.337. The van der Waals surface area contributed by atoms with Crippen molar-refractivity contribution in [2.45, 2.75) is 13.1 Å². The fraction of sp³-hybridized carbons (Fsp3) is 0.100. The number of anilines is 1. The van der Waals surface area contributed by atoms with Crippen LogP contribution in [0.5, 0.6) is 0 Å². The molecule has 1 amide bonds. The van der Waals surface area contributed by atoms with Crippen molar-refractivity contribution in [1.82, 2.24) is 10.3 Å². The van der Waals surface area contributed by atoms with Gasteiger partial charge in [0.1, 0.15) is 11.5 Å². The van der Waals surface area contributed by atoms with E-state index >= 15 is 0 Å². The van der Waals surface area contributed by atoms with Crippen LogP contribution in [0.4, 0.5) is 10.1 Å². The molecule has 3 aromatic rings. The lowest BCUT2D eigenvalue weighted by Crippen LogP contribution is -2.24. The molecule has 1 heterocycles. The Labute approximate surface area is 145 Å². The Balaban J connectivity index is 1.54. The van der Waals surface area contributed by atoms with Crippen LogP contribution in [-0.4, -0.2) is 10.9 Å². The van der Waals surface area contributed by atoms with Gasteiger partial charge in [-0.1, -0.05) is 48.5 Å². The number of hydrogen-bond donors (Lipinski definition) is 2. The summed E-state index contributed by atoms with van der Waals surface area (Å²) in [5.74, 6) is -0.672. The average molecular weight is 335 g/mol. The Morgan fingerprint density at radius 3 is 2.40 bits per heavy atom. The predicted octanol–water partition coefficient (Wildman–Crippen LogP) is 3.76. The number of carbonyl (C=O) groups is 1. The second kappa shape index (κ2) is 8.06. The van der Waals surface area contributed by atoms with E-state index in [1.54, 1.807) is 36.5 Å². The van der Waals surface area contributed by atoms with Crippen molar-refractivity contribution in [2.75, 3.05) is 5.32 Å². The van der Waals surface area contributed by atoms with E-state index in [0.29, 0.717) is 17.8 Å². The third-order valence-electron chi connectivity index (χ3n) is 3.73. The van der Waals surface area contributed by atoms with Gasteiger partial charge >= 0.3 is 0 Å². The van der Waals surface area contributed by atoms with Crippen molar-refractivity contribution >= 4 is 11.6 Å². The van der Waals surface area contributed by atoms with Gasteiger partial charge in [-0.25, -0.2) is 9.37 Å². The Morgan fingerprint density at radius 2 is 1.68 bits per heavy atom. The van der Waals surface area contributed by atoms with Gasteiger partial charge in [0.05, 0.1) is 11.9 Å². The zero-order chi connectivity index (χ0) is 17.5. The first-order chi connectivity index (χ1) is 12.2. The molecule has 1 aromatic heterocycles. The number of benzene rings is 2. The second-order valence-electron chi connectivity index (χ2n) is 5.55. The molecule has 0 aliphatic heterocycles. The molecule has 0 atom stereocenters. The molecule has 25 heavy (non-hydrogen) atoms. The average Bonchev–Trinajstić information content (AvgIpc) is 2.67. The first-order valence-electron chi connectivity index (χ1n) is 7.98. The summed E-state index contributed by atoms with van der Waals surface area (Å²) in [6, 6.07) is 19.8. The number of halogens is 1. The van der Waals surface area contributed by atoms with Crippen molar-refractivity contribution in [3.63, 3.8) is 0 Å². The molecule has 0 radical (unpaired) electrons. The first-order valence-corrected chi connectivity index (χ1v) is 7.98. The fourth-order valence-electron chi connectivity index (χ4n) is 2.34. The van der Waals surface area contributed by atoms with Crippen molar-refractivity contribution in [1.29, 1.82) is 0 Å². The van der Waals surface area contributed by atoms with E-state index in [2.05, 4.69) is 15.6 Å². The van der Waals surface area contributed by atoms with Crippen LogP contribution in [0, 0.1) is 5.82 Å². The highest BCUT2D eigenvalue weighted by atomic mass is 19.1. The second-order valence-corrected chi connectivity index (χ2v) is 5.55. The molecule has 5 heteroatoms. The Bertz CT molecular complexity index is 835. The molecule has 3 rings (SSSR count). The first kappa shape index (κ1) is 16.6. The summed E-state index contributed by atoms with van der Waals surface area (Å²) in [7, 11) is 0. The van der Waals surface area contributed by atoms with Crippen LogP contribution in [0.3, 0.4) is 0 Å². The molecular formula is C20H18FN3O. The minimum Gasteiger partial charge on any atom is -0.380 e. The van der Waals surface area contributed by atoms with Crippen LogP contribution in [0.2, 0.25) is 0 Å². The number of rotatable bonds is 6. The van der Waals surface area contributed by atoms with Crippen LogP contribution < -0.4 is 10.6 Å². The van der Waals surface area contributed by atoms with Gasteiger partial charge in [0.15, 0.2) is 0 Å². The standard InChI is InChI=1S/C20H18FN3O/c21-18-9-5-4-8-16(18)13-24-20(25)19-11-10-17(14-23-19)22-12-15-6-2-1-3-7-15/h1-11,14,22H,12-13H2,(H,24,25). The van der Waals surface area contributed by atoms with Crippen molar-refractivity contribution in [3.05, 3.63) is 95.6 Å². The number of amides is 1. The lowest BCUT2D eigenvalue weighted by molar-refractivity contribution is 0.0945. The lowest BCUT2D eigenvalue weighted by Gasteiger charge is -2.08. The van der Waals surface area contributed by atoms with Crippen molar-refractivity contribution < 1.29 is 9.18 Å². The minimum absolute atomic E-state index is 0.126. The smallest absolute Gasteiger partial charge is 0.270 e. The van der Waals surface area contributed by atoms with Gasteiger partial charge in [-0.2, -0.15) is 0 Å². The van der Waals surface area contributed by atoms with Gasteiger partial charge in [-0.05, 0) is 23.8 Å². The van der Waals surface area contributed by atoms with Crippen LogP contribution in [-0.2, 0) is 13.1 Å². The molecule has 0 aliphatic rings. The molecule has 2 N–H and O–H groups in total. The molecule has 0 unspecified atom stereocenters. The maximum Gasteiger partial charge on any atom is 0.270 e. The van der Waals surface area contributed by atoms with Crippen LogP contribution in [0.1, 0.15) is 21.6 Å². The highest BCUT2D eigenvalue weighted by molar-refractivity contribution is 5.92. The number of pyridine rings is 1. The van der Waals surface area contributed by atoms with Crippen LogP contribution >= 0.6 is 0 Å². The molecule has 126 valence electrons. The van der Waals surface area contributed by atoms with E-state index in [1.807, 2.05) is 30.3 Å². The molecular weight excluding hydrogens is 317 g/mol. The molecule has 0 aliphatic carbocycles. The van der Waals surface area contributed by atoms with E-state index in [4.69, 9.17) is 0 Å². The summed E-state index contributed by atoms with van der Waals surface area (Å²) in [6.45, 7) is 0.808. The van der Waals surface area contributed by atoms with Crippen molar-refractivity contribution in [2.24, 2.45) is 0 Å². The third-order valence-corrected chi connectivity index (χ3v) is 3.73. The van der Waals surface area contributed by atoms with E-state index in [1.165, 1.54) is 6.07 Å². The number of hydrogen-bond acceptors (Lipinski definition) is 3. The maximum absolute atomic E-state index is 13.5. The van der Waals surface area contributed by atoms with E-state index in [0.717, 1.165) is 11.3 Å². The van der Waals surface area contributed by atoms with E-state index in [9.17, 15) is 9.18 Å². The molecule has 0 spiro atoms. The van der Waals surface area contributed by atoms with Gasteiger partial charge in [0.2, 0.25) is 0 Å².